The molecule has 0 aromatic heterocycles. The summed E-state index contributed by atoms with van der Waals surface area (Å²) in [4.78, 5) is 11.1. The van der Waals surface area contributed by atoms with Gasteiger partial charge in [-0.05, 0) is 39.7 Å². The summed E-state index contributed by atoms with van der Waals surface area (Å²) < 4.78 is 5.66. The van der Waals surface area contributed by atoms with Gasteiger partial charge in [0.2, 0.25) is 0 Å². The van der Waals surface area contributed by atoms with Crippen LogP contribution < -0.4 is 0 Å². The average molecular weight is 198 g/mol. The second-order valence-electron chi connectivity index (χ2n) is 4.17. The Bertz CT molecular complexity index is 214. The van der Waals surface area contributed by atoms with Crippen molar-refractivity contribution < 1.29 is 9.53 Å². The van der Waals surface area contributed by atoms with Crippen LogP contribution in [-0.4, -0.2) is 11.4 Å². The van der Waals surface area contributed by atoms with Crippen molar-refractivity contribution in [2.24, 2.45) is 0 Å². The van der Waals surface area contributed by atoms with E-state index in [1.807, 2.05) is 20.8 Å². The highest BCUT2D eigenvalue weighted by molar-refractivity contribution is 5.91. The number of carbonyl (C=O) groups excluding carboxylic acids is 1. The normalized spacial score (nSPS) is 12.8. The van der Waals surface area contributed by atoms with Crippen LogP contribution in [0.25, 0.3) is 0 Å². The largest absolute Gasteiger partial charge is 0.484 e. The highest BCUT2D eigenvalue weighted by Crippen LogP contribution is 2.21. The van der Waals surface area contributed by atoms with Crippen LogP contribution in [0.5, 0.6) is 0 Å². The summed E-state index contributed by atoms with van der Waals surface area (Å²) in [5.74, 6) is 0.475. The first-order valence-corrected chi connectivity index (χ1v) is 5.29. The van der Waals surface area contributed by atoms with Gasteiger partial charge in [0.25, 0.3) is 0 Å². The Balaban J connectivity index is 4.25. The van der Waals surface area contributed by atoms with Crippen LogP contribution in [0.3, 0.4) is 0 Å². The van der Waals surface area contributed by atoms with Crippen molar-refractivity contribution in [2.75, 3.05) is 0 Å². The lowest BCUT2D eigenvalue weighted by molar-refractivity contribution is -0.119. The topological polar surface area (TPSA) is 26.3 Å². The van der Waals surface area contributed by atoms with Gasteiger partial charge in [0.15, 0.2) is 11.5 Å². The first kappa shape index (κ1) is 13.2. The van der Waals surface area contributed by atoms with Gasteiger partial charge < -0.3 is 4.74 Å². The molecule has 0 N–H and O–H groups in total. The summed E-state index contributed by atoms with van der Waals surface area (Å²) in [6.45, 7) is 9.56. The molecule has 0 unspecified atom stereocenters. The van der Waals surface area contributed by atoms with E-state index in [0.29, 0.717) is 5.76 Å². The standard InChI is InChI=1S/C12H22O2/c1-6-8-9-12(4,5)14-11(7-2)10(3)13/h7H,6,8-9H2,1-5H3/b11-7+. The molecule has 0 fully saturated rings. The Labute approximate surface area is 87.3 Å². The summed E-state index contributed by atoms with van der Waals surface area (Å²) in [6, 6.07) is 0. The molecule has 0 heterocycles. The molecule has 0 spiro atoms. The van der Waals surface area contributed by atoms with Crippen molar-refractivity contribution in [3.63, 3.8) is 0 Å². The average Bonchev–Trinajstić information content (AvgIpc) is 2.10. The third-order valence-electron chi connectivity index (χ3n) is 2.13. The number of hydrogen-bond acceptors (Lipinski definition) is 2. The lowest BCUT2D eigenvalue weighted by Crippen LogP contribution is -2.25. The second-order valence-corrected chi connectivity index (χ2v) is 4.17. The molecule has 0 atom stereocenters. The molecule has 2 heteroatoms. The maximum absolute atomic E-state index is 11.1. The number of allylic oxidation sites excluding steroid dienone is 2. The van der Waals surface area contributed by atoms with Crippen molar-refractivity contribution in [3.8, 4) is 0 Å². The lowest BCUT2D eigenvalue weighted by Gasteiger charge is -2.27. The molecule has 0 rings (SSSR count). The first-order chi connectivity index (χ1) is 6.43. The molecule has 0 amide bonds. The van der Waals surface area contributed by atoms with Gasteiger partial charge in [-0.1, -0.05) is 13.3 Å². The first-order valence-electron chi connectivity index (χ1n) is 5.29. The van der Waals surface area contributed by atoms with Gasteiger partial charge in [-0.25, -0.2) is 0 Å². The van der Waals surface area contributed by atoms with Crippen molar-refractivity contribution in [1.82, 2.24) is 0 Å². The Kier molecular flexibility index (Phi) is 5.51. The zero-order valence-electron chi connectivity index (χ0n) is 10.0. The van der Waals surface area contributed by atoms with Gasteiger partial charge in [-0.15, -0.1) is 0 Å². The van der Waals surface area contributed by atoms with Crippen LogP contribution in [-0.2, 0) is 9.53 Å². The molecule has 14 heavy (non-hydrogen) atoms. The van der Waals surface area contributed by atoms with Crippen LogP contribution >= 0.6 is 0 Å². The Morgan fingerprint density at radius 3 is 2.36 bits per heavy atom. The quantitative estimate of drug-likeness (QED) is 0.482. The summed E-state index contributed by atoms with van der Waals surface area (Å²) in [7, 11) is 0. The van der Waals surface area contributed by atoms with E-state index in [1.54, 1.807) is 6.08 Å². The van der Waals surface area contributed by atoms with Crippen LogP contribution in [0.2, 0.25) is 0 Å². The summed E-state index contributed by atoms with van der Waals surface area (Å²) in [5, 5.41) is 0. The second kappa shape index (κ2) is 5.84. The van der Waals surface area contributed by atoms with E-state index >= 15 is 0 Å². The number of carbonyl (C=O) groups is 1. The third kappa shape index (κ3) is 5.05. The zero-order valence-corrected chi connectivity index (χ0v) is 10.0. The molecule has 0 aliphatic rings. The molecule has 0 aromatic rings. The SMILES string of the molecule is C/C=C(/OC(C)(C)CCCC)C(C)=O. The summed E-state index contributed by atoms with van der Waals surface area (Å²) in [5.41, 5.74) is -0.233. The van der Waals surface area contributed by atoms with E-state index in [2.05, 4.69) is 6.92 Å². The minimum atomic E-state index is -0.233. The predicted molar refractivity (Wildman–Crippen MR) is 59.1 cm³/mol. The number of ketones is 1. The smallest absolute Gasteiger partial charge is 0.193 e. The maximum Gasteiger partial charge on any atom is 0.193 e. The van der Waals surface area contributed by atoms with Gasteiger partial charge in [-0.2, -0.15) is 0 Å². The number of hydrogen-bond donors (Lipinski definition) is 0. The summed E-state index contributed by atoms with van der Waals surface area (Å²) >= 11 is 0. The molecule has 0 radical (unpaired) electrons. The van der Waals surface area contributed by atoms with Crippen LogP contribution in [0, 0.1) is 0 Å². The lowest BCUT2D eigenvalue weighted by atomic mass is 10.0. The van der Waals surface area contributed by atoms with E-state index in [4.69, 9.17) is 4.74 Å². The monoisotopic (exact) mass is 198 g/mol. The number of unbranched alkanes of at least 4 members (excludes halogenated alkanes) is 1. The van der Waals surface area contributed by atoms with E-state index in [0.717, 1.165) is 19.3 Å². The van der Waals surface area contributed by atoms with Gasteiger partial charge in [0.05, 0.1) is 0 Å². The van der Waals surface area contributed by atoms with Gasteiger partial charge in [0, 0.05) is 6.92 Å². The van der Waals surface area contributed by atoms with Crippen LogP contribution in [0.1, 0.15) is 53.9 Å². The molecule has 0 saturated carbocycles. The molecule has 0 aliphatic carbocycles. The zero-order chi connectivity index (χ0) is 11.2. The van der Waals surface area contributed by atoms with Gasteiger partial charge in [0.1, 0.15) is 5.60 Å². The molecule has 0 bridgehead atoms. The molecule has 0 aromatic carbocycles. The minimum absolute atomic E-state index is 0.00271. The Morgan fingerprint density at radius 2 is 2.00 bits per heavy atom. The van der Waals surface area contributed by atoms with Crippen LogP contribution in [0.15, 0.2) is 11.8 Å². The van der Waals surface area contributed by atoms with Crippen molar-refractivity contribution in [3.05, 3.63) is 11.8 Å². The fourth-order valence-electron chi connectivity index (χ4n) is 1.29. The minimum Gasteiger partial charge on any atom is -0.484 e. The van der Waals surface area contributed by atoms with Crippen LogP contribution in [0.4, 0.5) is 0 Å². The highest BCUT2D eigenvalue weighted by Gasteiger charge is 2.21. The Hall–Kier alpha value is -0.790. The maximum atomic E-state index is 11.1. The fourth-order valence-corrected chi connectivity index (χ4v) is 1.29. The summed E-state index contributed by atoms with van der Waals surface area (Å²) in [6.07, 6.45) is 4.99. The number of rotatable bonds is 6. The van der Waals surface area contributed by atoms with Gasteiger partial charge >= 0.3 is 0 Å². The molecule has 82 valence electrons. The predicted octanol–water partition coefficient (Wildman–Crippen LogP) is 3.46. The van der Waals surface area contributed by atoms with Gasteiger partial charge in [-0.3, -0.25) is 4.79 Å². The molecular weight excluding hydrogens is 176 g/mol. The number of Topliss-reactive ketones (excluding diaryl/α,β-unsaturated/α-hetero) is 1. The molecule has 0 saturated heterocycles. The highest BCUT2D eigenvalue weighted by atomic mass is 16.5. The van der Waals surface area contributed by atoms with E-state index in [-0.39, 0.29) is 11.4 Å². The molecular formula is C12H22O2. The molecule has 0 aliphatic heterocycles. The van der Waals surface area contributed by atoms with Crippen molar-refractivity contribution in [1.29, 1.82) is 0 Å². The van der Waals surface area contributed by atoms with Crippen molar-refractivity contribution >= 4 is 5.78 Å². The van der Waals surface area contributed by atoms with E-state index in [1.165, 1.54) is 6.92 Å². The third-order valence-corrected chi connectivity index (χ3v) is 2.13. The van der Waals surface area contributed by atoms with Crippen molar-refractivity contribution in [2.45, 2.75) is 59.5 Å². The number of ether oxygens (including phenoxy) is 1. The van der Waals surface area contributed by atoms with E-state index in [9.17, 15) is 4.79 Å². The van der Waals surface area contributed by atoms with E-state index < -0.39 is 0 Å². The Morgan fingerprint density at radius 1 is 1.43 bits per heavy atom. The fraction of sp³-hybridized carbons (Fsp3) is 0.750. The molecule has 2 nitrogen and oxygen atoms in total.